The molecular weight excluding hydrogens is 498 g/mol. The topological polar surface area (TPSA) is 83.6 Å². The van der Waals surface area contributed by atoms with Gasteiger partial charge in [-0.25, -0.2) is 17.2 Å². The largest absolute Gasteiger partial charge is 0.312 e. The first-order valence-electron chi connectivity index (χ1n) is 12.0. The molecule has 37 heavy (non-hydrogen) atoms. The van der Waals surface area contributed by atoms with Gasteiger partial charge in [-0.05, 0) is 61.2 Å². The maximum Gasteiger partial charge on any atom is 0.230 e. The molecule has 1 aliphatic heterocycles. The van der Waals surface area contributed by atoms with E-state index in [-0.39, 0.29) is 35.8 Å². The number of sulfonamides is 1. The molecule has 1 fully saturated rings. The number of Topliss-reactive ketones (excluding diaryl/α,β-unsaturated/α-hetero) is 1. The molecule has 0 radical (unpaired) electrons. The fourth-order valence-electron chi connectivity index (χ4n) is 4.65. The van der Waals surface area contributed by atoms with Crippen molar-refractivity contribution in [3.05, 3.63) is 83.4 Å². The Labute approximate surface area is 215 Å². The molecule has 0 aromatic heterocycles. The summed E-state index contributed by atoms with van der Waals surface area (Å²) in [6.45, 7) is 2.16. The molecule has 1 amide bonds. The lowest BCUT2D eigenvalue weighted by Gasteiger charge is -2.32. The quantitative estimate of drug-likeness (QED) is 0.434. The van der Waals surface area contributed by atoms with E-state index in [1.165, 1.54) is 23.1 Å². The van der Waals surface area contributed by atoms with Gasteiger partial charge in [0.15, 0.2) is 0 Å². The van der Waals surface area contributed by atoms with E-state index in [1.807, 2.05) is 0 Å². The molecule has 1 heterocycles. The molecule has 1 N–H and O–H groups in total. The summed E-state index contributed by atoms with van der Waals surface area (Å²) in [6.07, 6.45) is 2.10. The fraction of sp³-hybridized carbons (Fsp3) is 0.286. The number of nitrogens with zero attached hydrogens (tertiary/aromatic N) is 1. The Morgan fingerprint density at radius 2 is 1.78 bits per heavy atom. The Morgan fingerprint density at radius 3 is 2.49 bits per heavy atom. The zero-order valence-electron chi connectivity index (χ0n) is 20.6. The van der Waals surface area contributed by atoms with Crippen LogP contribution in [0.15, 0.2) is 60.7 Å². The van der Waals surface area contributed by atoms with Crippen LogP contribution in [0.4, 0.5) is 20.2 Å². The third-order valence-electron chi connectivity index (χ3n) is 6.40. The number of amides is 1. The van der Waals surface area contributed by atoms with Gasteiger partial charge in [-0.15, -0.1) is 0 Å². The fourth-order valence-corrected chi connectivity index (χ4v) is 5.23. The second-order valence-corrected chi connectivity index (χ2v) is 11.2. The minimum Gasteiger partial charge on any atom is -0.312 e. The molecular formula is C28H28F2N2O4S. The molecule has 1 aliphatic rings. The van der Waals surface area contributed by atoms with E-state index in [0.717, 1.165) is 11.8 Å². The van der Waals surface area contributed by atoms with Crippen LogP contribution < -0.4 is 9.62 Å². The number of carbonyl (C=O) groups is 2. The Kier molecular flexibility index (Phi) is 7.73. The van der Waals surface area contributed by atoms with Crippen LogP contribution in [0.1, 0.15) is 30.4 Å². The Balaban J connectivity index is 1.50. The first kappa shape index (κ1) is 26.5. The van der Waals surface area contributed by atoms with Gasteiger partial charge >= 0.3 is 0 Å². The van der Waals surface area contributed by atoms with Crippen molar-refractivity contribution in [1.29, 1.82) is 0 Å². The average Bonchev–Trinajstić information content (AvgIpc) is 2.82. The molecule has 1 atom stereocenters. The number of benzene rings is 3. The van der Waals surface area contributed by atoms with Crippen molar-refractivity contribution in [2.45, 2.75) is 32.6 Å². The highest BCUT2D eigenvalue weighted by molar-refractivity contribution is 7.92. The van der Waals surface area contributed by atoms with Crippen molar-refractivity contribution >= 4 is 33.1 Å². The molecule has 0 bridgehead atoms. The van der Waals surface area contributed by atoms with Crippen LogP contribution in [0, 0.1) is 24.5 Å². The summed E-state index contributed by atoms with van der Waals surface area (Å²) < 4.78 is 55.2. The zero-order chi connectivity index (χ0) is 26.7. The van der Waals surface area contributed by atoms with Crippen LogP contribution in [0.2, 0.25) is 0 Å². The number of piperidine rings is 1. The lowest BCUT2D eigenvalue weighted by Crippen LogP contribution is -2.42. The van der Waals surface area contributed by atoms with E-state index in [0.29, 0.717) is 36.2 Å². The number of para-hydroxylation sites is 1. The molecule has 0 saturated carbocycles. The minimum absolute atomic E-state index is 0.00620. The predicted molar refractivity (Wildman–Crippen MR) is 140 cm³/mol. The second-order valence-electron chi connectivity index (χ2n) is 9.43. The number of halogens is 2. The number of nitrogens with one attached hydrogen (secondary N) is 1. The molecule has 3 aromatic rings. The summed E-state index contributed by atoms with van der Waals surface area (Å²) in [6, 6.07) is 15.5. The van der Waals surface area contributed by atoms with Gasteiger partial charge in [0.2, 0.25) is 15.9 Å². The maximum absolute atomic E-state index is 15.2. The molecule has 6 nitrogen and oxygen atoms in total. The molecule has 0 unspecified atom stereocenters. The molecule has 9 heteroatoms. The number of anilines is 2. The van der Waals surface area contributed by atoms with Crippen molar-refractivity contribution in [2.24, 2.45) is 5.92 Å². The first-order valence-corrected chi connectivity index (χ1v) is 13.9. The molecule has 0 spiro atoms. The van der Waals surface area contributed by atoms with E-state index < -0.39 is 27.6 Å². The van der Waals surface area contributed by atoms with Crippen molar-refractivity contribution < 1.29 is 26.8 Å². The van der Waals surface area contributed by atoms with Crippen LogP contribution >= 0.6 is 0 Å². The minimum atomic E-state index is -3.57. The SMILES string of the molecule is Cc1ccc(CC(=O)C[C@@H]2CCCN(c3ccc(-c4ccccc4NS(C)(=O)=O)c(F)c3)C2=O)c(F)c1. The number of hydrogen-bond acceptors (Lipinski definition) is 4. The predicted octanol–water partition coefficient (Wildman–Crippen LogP) is 5.26. The highest BCUT2D eigenvalue weighted by Gasteiger charge is 2.31. The van der Waals surface area contributed by atoms with Crippen LogP contribution in [0.25, 0.3) is 11.1 Å². The lowest BCUT2D eigenvalue weighted by atomic mass is 9.89. The second kappa shape index (κ2) is 10.8. The highest BCUT2D eigenvalue weighted by atomic mass is 32.2. The van der Waals surface area contributed by atoms with Crippen LogP contribution in [-0.4, -0.2) is 32.9 Å². The van der Waals surface area contributed by atoms with E-state index in [2.05, 4.69) is 4.72 Å². The molecule has 194 valence electrons. The third-order valence-corrected chi connectivity index (χ3v) is 6.99. The monoisotopic (exact) mass is 526 g/mol. The van der Waals surface area contributed by atoms with Gasteiger partial charge in [0.25, 0.3) is 0 Å². The van der Waals surface area contributed by atoms with Crippen molar-refractivity contribution in [1.82, 2.24) is 0 Å². The molecule has 0 aliphatic carbocycles. The first-order chi connectivity index (χ1) is 17.5. The Hall–Kier alpha value is -3.59. The number of ketones is 1. The van der Waals surface area contributed by atoms with E-state index in [1.54, 1.807) is 49.4 Å². The van der Waals surface area contributed by atoms with Crippen molar-refractivity contribution in [3.63, 3.8) is 0 Å². The number of hydrogen-bond donors (Lipinski definition) is 1. The van der Waals surface area contributed by atoms with Gasteiger partial charge in [0.1, 0.15) is 17.4 Å². The van der Waals surface area contributed by atoms with Gasteiger partial charge in [-0.2, -0.15) is 0 Å². The summed E-state index contributed by atoms with van der Waals surface area (Å²) in [5.74, 6) is -2.10. The molecule has 1 saturated heterocycles. The Bertz CT molecular complexity index is 1460. The van der Waals surface area contributed by atoms with E-state index in [4.69, 9.17) is 0 Å². The zero-order valence-corrected chi connectivity index (χ0v) is 21.4. The van der Waals surface area contributed by atoms with Gasteiger partial charge < -0.3 is 4.90 Å². The molecule has 4 rings (SSSR count). The van der Waals surface area contributed by atoms with Crippen LogP contribution in [-0.2, 0) is 26.0 Å². The van der Waals surface area contributed by atoms with Crippen molar-refractivity contribution in [3.8, 4) is 11.1 Å². The summed E-state index contributed by atoms with van der Waals surface area (Å²) >= 11 is 0. The Morgan fingerprint density at radius 1 is 1.03 bits per heavy atom. The summed E-state index contributed by atoms with van der Waals surface area (Å²) in [5.41, 5.74) is 2.23. The standard InChI is InChI=1S/C28H28F2N2O4S/c1-18-9-10-19(25(29)14-18)15-22(33)16-20-6-5-13-32(28(20)34)21-11-12-23(26(30)17-21)24-7-3-4-8-27(24)31-37(2,35)36/h3-4,7-12,14,17,20,31H,5-6,13,15-16H2,1-2H3/t20-/m0/s1. The third kappa shape index (κ3) is 6.40. The van der Waals surface area contributed by atoms with Gasteiger partial charge in [0.05, 0.1) is 11.9 Å². The normalized spacial score (nSPS) is 16.1. The maximum atomic E-state index is 15.2. The summed E-state index contributed by atoms with van der Waals surface area (Å²) in [5, 5.41) is 0. The average molecular weight is 527 g/mol. The van der Waals surface area contributed by atoms with Gasteiger partial charge in [-0.1, -0.05) is 30.3 Å². The molecule has 3 aromatic carbocycles. The van der Waals surface area contributed by atoms with Crippen molar-refractivity contribution in [2.75, 3.05) is 22.4 Å². The van der Waals surface area contributed by atoms with Gasteiger partial charge in [-0.3, -0.25) is 14.3 Å². The van der Waals surface area contributed by atoms with Gasteiger partial charge in [0, 0.05) is 42.1 Å². The van der Waals surface area contributed by atoms with E-state index in [9.17, 15) is 22.4 Å². The number of aryl methyl sites for hydroxylation is 1. The number of rotatable bonds is 8. The smallest absolute Gasteiger partial charge is 0.230 e. The number of carbonyl (C=O) groups excluding carboxylic acids is 2. The summed E-state index contributed by atoms with van der Waals surface area (Å²) in [4.78, 5) is 27.3. The van der Waals surface area contributed by atoms with Crippen LogP contribution in [0.3, 0.4) is 0 Å². The van der Waals surface area contributed by atoms with Crippen LogP contribution in [0.5, 0.6) is 0 Å². The van der Waals surface area contributed by atoms with E-state index >= 15 is 4.39 Å². The lowest BCUT2D eigenvalue weighted by molar-refractivity contribution is -0.128. The highest BCUT2D eigenvalue weighted by Crippen LogP contribution is 2.34. The summed E-state index contributed by atoms with van der Waals surface area (Å²) in [7, 11) is -3.57.